The van der Waals surface area contributed by atoms with Crippen molar-refractivity contribution in [3.63, 3.8) is 0 Å². The summed E-state index contributed by atoms with van der Waals surface area (Å²) < 4.78 is 35.0. The zero-order valence-electron chi connectivity index (χ0n) is 18.6. The molecule has 2 aromatic carbocycles. The van der Waals surface area contributed by atoms with Crippen LogP contribution in [0.4, 0.5) is 5.69 Å². The number of ether oxygens (including phenoxy) is 1. The highest BCUT2D eigenvalue weighted by Crippen LogP contribution is 2.45. The van der Waals surface area contributed by atoms with Crippen molar-refractivity contribution in [2.75, 3.05) is 10.5 Å². The Balaban J connectivity index is 1.57. The minimum Gasteiger partial charge on any atom is -0.454 e. The van der Waals surface area contributed by atoms with Gasteiger partial charge in [-0.2, -0.15) is 5.26 Å². The normalized spacial score (nSPS) is 13.5. The zero-order valence-corrected chi connectivity index (χ0v) is 19.4. The summed E-state index contributed by atoms with van der Waals surface area (Å²) in [7, 11) is -3.37. The lowest BCUT2D eigenvalue weighted by molar-refractivity contribution is 0.478. The minimum atomic E-state index is -3.37. The predicted molar refractivity (Wildman–Crippen MR) is 130 cm³/mol. The van der Waals surface area contributed by atoms with Crippen molar-refractivity contribution >= 4 is 26.6 Å². The molecule has 0 unspecified atom stereocenters. The molecule has 34 heavy (non-hydrogen) atoms. The molecule has 1 saturated carbocycles. The van der Waals surface area contributed by atoms with Crippen LogP contribution in [-0.4, -0.2) is 28.7 Å². The van der Waals surface area contributed by atoms with E-state index < -0.39 is 10.0 Å². The molecule has 0 radical (unpaired) electrons. The van der Waals surface area contributed by atoms with Crippen LogP contribution in [0.3, 0.4) is 0 Å². The number of nitrogens with one attached hydrogen (secondary N) is 1. The molecule has 2 aromatic heterocycles. The summed E-state index contributed by atoms with van der Waals surface area (Å²) in [5.74, 6) is 1.25. The fourth-order valence-electron chi connectivity index (χ4n) is 4.13. The summed E-state index contributed by atoms with van der Waals surface area (Å²) in [4.78, 5) is 7.96. The van der Waals surface area contributed by atoms with Gasteiger partial charge in [0.1, 0.15) is 18.1 Å². The first-order chi connectivity index (χ1) is 16.5. The van der Waals surface area contributed by atoms with Crippen LogP contribution in [-0.2, 0) is 10.0 Å². The Morgan fingerprint density at radius 1 is 1.12 bits per heavy atom. The molecule has 1 aliphatic rings. The number of benzene rings is 2. The number of anilines is 1. The van der Waals surface area contributed by atoms with E-state index >= 15 is 0 Å². The number of nitrogens with zero attached hydrogens (tertiary/aromatic N) is 4. The molecule has 8 nitrogen and oxygen atoms in total. The lowest BCUT2D eigenvalue weighted by Gasteiger charge is -2.12. The number of nitriles is 1. The lowest BCUT2D eigenvalue weighted by atomic mass is 10.1. The molecule has 4 aromatic rings. The maximum atomic E-state index is 12.1. The maximum absolute atomic E-state index is 12.1. The second-order valence-electron chi connectivity index (χ2n) is 8.29. The third-order valence-electron chi connectivity index (χ3n) is 5.68. The molecular weight excluding hydrogens is 450 g/mol. The Bertz CT molecular complexity index is 1490. The van der Waals surface area contributed by atoms with E-state index in [4.69, 9.17) is 4.74 Å². The van der Waals surface area contributed by atoms with E-state index in [1.807, 2.05) is 37.3 Å². The maximum Gasteiger partial charge on any atom is 0.232 e. The van der Waals surface area contributed by atoms with Crippen molar-refractivity contribution in [2.24, 2.45) is 0 Å². The molecule has 0 saturated heterocycles. The van der Waals surface area contributed by atoms with Gasteiger partial charge < -0.3 is 9.30 Å². The molecule has 5 rings (SSSR count). The molecule has 2 heterocycles. The first kappa shape index (κ1) is 21.9. The summed E-state index contributed by atoms with van der Waals surface area (Å²) in [6, 6.07) is 15.6. The Morgan fingerprint density at radius 3 is 2.50 bits per heavy atom. The second kappa shape index (κ2) is 8.80. The van der Waals surface area contributed by atoms with Crippen LogP contribution < -0.4 is 9.46 Å². The summed E-state index contributed by atoms with van der Waals surface area (Å²) in [6.45, 7) is 1.83. The van der Waals surface area contributed by atoms with Crippen molar-refractivity contribution in [3.05, 3.63) is 66.7 Å². The first-order valence-corrected chi connectivity index (χ1v) is 12.8. The van der Waals surface area contributed by atoms with Crippen LogP contribution in [0.25, 0.3) is 22.2 Å². The van der Waals surface area contributed by atoms with E-state index in [0.29, 0.717) is 35.2 Å². The van der Waals surface area contributed by atoms with E-state index in [-0.39, 0.29) is 5.75 Å². The van der Waals surface area contributed by atoms with E-state index in [0.717, 1.165) is 35.0 Å². The van der Waals surface area contributed by atoms with Gasteiger partial charge in [-0.1, -0.05) is 19.1 Å². The standard InChI is InChI=1S/C25H23N5O3S/c1-2-11-34(31,32)29-18-5-3-17(4-6-18)25-23(13-26)22-10-9-20(33-21-14-27-16-28-15-21)12-24(22)30(25)19-7-8-19/h3-6,9-10,12,14-16,19,29H,2,7-8,11H2,1H3. The number of aromatic nitrogens is 3. The quantitative estimate of drug-likeness (QED) is 0.374. The summed E-state index contributed by atoms with van der Waals surface area (Å²) in [5, 5.41) is 10.9. The van der Waals surface area contributed by atoms with Gasteiger partial charge in [0.25, 0.3) is 0 Å². The monoisotopic (exact) mass is 473 g/mol. The zero-order chi connectivity index (χ0) is 23.7. The van der Waals surface area contributed by atoms with Crippen molar-refractivity contribution in [2.45, 2.75) is 32.2 Å². The van der Waals surface area contributed by atoms with Gasteiger partial charge in [-0.05, 0) is 49.1 Å². The number of hydrogen-bond acceptors (Lipinski definition) is 6. The smallest absolute Gasteiger partial charge is 0.232 e. The molecule has 1 N–H and O–H groups in total. The average Bonchev–Trinajstić information content (AvgIpc) is 3.61. The largest absolute Gasteiger partial charge is 0.454 e. The molecule has 0 amide bonds. The van der Waals surface area contributed by atoms with Gasteiger partial charge in [0.05, 0.1) is 34.9 Å². The first-order valence-electron chi connectivity index (χ1n) is 11.1. The van der Waals surface area contributed by atoms with Crippen molar-refractivity contribution in [1.82, 2.24) is 14.5 Å². The number of sulfonamides is 1. The van der Waals surface area contributed by atoms with Crippen molar-refractivity contribution in [1.29, 1.82) is 5.26 Å². The van der Waals surface area contributed by atoms with Crippen LogP contribution in [0, 0.1) is 11.3 Å². The summed E-state index contributed by atoms with van der Waals surface area (Å²) in [5.41, 5.74) is 3.72. The highest BCUT2D eigenvalue weighted by Gasteiger charge is 2.31. The minimum absolute atomic E-state index is 0.0722. The molecule has 0 atom stereocenters. The predicted octanol–water partition coefficient (Wildman–Crippen LogP) is 5.25. The van der Waals surface area contributed by atoms with E-state index in [9.17, 15) is 13.7 Å². The van der Waals surface area contributed by atoms with E-state index in [1.165, 1.54) is 6.33 Å². The highest BCUT2D eigenvalue weighted by atomic mass is 32.2. The van der Waals surface area contributed by atoms with Gasteiger partial charge in [-0.3, -0.25) is 4.72 Å². The van der Waals surface area contributed by atoms with Gasteiger partial charge in [-0.15, -0.1) is 0 Å². The topological polar surface area (TPSA) is 110 Å². The fourth-order valence-corrected chi connectivity index (χ4v) is 5.27. The SMILES string of the molecule is CCCS(=O)(=O)Nc1ccc(-c2c(C#N)c3ccc(Oc4cncnc4)cc3n2C2CC2)cc1. The lowest BCUT2D eigenvalue weighted by Crippen LogP contribution is -2.15. The number of rotatable bonds is 8. The van der Waals surface area contributed by atoms with E-state index in [2.05, 4.69) is 25.3 Å². The fraction of sp³-hybridized carbons (Fsp3) is 0.240. The van der Waals surface area contributed by atoms with Crippen molar-refractivity contribution in [3.8, 4) is 28.8 Å². The van der Waals surface area contributed by atoms with Crippen LogP contribution in [0.2, 0.25) is 0 Å². The van der Waals surface area contributed by atoms with E-state index in [1.54, 1.807) is 24.5 Å². The van der Waals surface area contributed by atoms with Gasteiger partial charge >= 0.3 is 0 Å². The molecule has 0 aliphatic heterocycles. The number of hydrogen-bond donors (Lipinski definition) is 1. The molecule has 0 spiro atoms. The Labute approximate surface area is 197 Å². The molecular formula is C25H23N5O3S. The molecule has 1 aliphatic carbocycles. The van der Waals surface area contributed by atoms with Gasteiger partial charge in [-0.25, -0.2) is 18.4 Å². The van der Waals surface area contributed by atoms with Crippen LogP contribution in [0.1, 0.15) is 37.8 Å². The third-order valence-corrected chi connectivity index (χ3v) is 7.17. The summed E-state index contributed by atoms with van der Waals surface area (Å²) in [6.07, 6.45) is 7.25. The van der Waals surface area contributed by atoms with Gasteiger partial charge in [0.2, 0.25) is 10.0 Å². The number of fused-ring (bicyclic) bond motifs is 1. The summed E-state index contributed by atoms with van der Waals surface area (Å²) >= 11 is 0. The molecule has 172 valence electrons. The Kier molecular flexibility index (Phi) is 5.67. The highest BCUT2D eigenvalue weighted by molar-refractivity contribution is 7.92. The van der Waals surface area contributed by atoms with Crippen LogP contribution in [0.5, 0.6) is 11.5 Å². The van der Waals surface area contributed by atoms with Gasteiger partial charge in [0.15, 0.2) is 5.75 Å². The average molecular weight is 474 g/mol. The third kappa shape index (κ3) is 4.32. The molecule has 0 bridgehead atoms. The molecule has 1 fully saturated rings. The van der Waals surface area contributed by atoms with Gasteiger partial charge in [0, 0.05) is 23.2 Å². The second-order valence-corrected chi connectivity index (χ2v) is 10.1. The molecule has 9 heteroatoms. The van der Waals surface area contributed by atoms with Crippen molar-refractivity contribution < 1.29 is 13.2 Å². The Morgan fingerprint density at radius 2 is 1.85 bits per heavy atom. The van der Waals surface area contributed by atoms with Crippen LogP contribution >= 0.6 is 0 Å². The Hall–Kier alpha value is -3.90. The van der Waals surface area contributed by atoms with Crippen LogP contribution in [0.15, 0.2) is 61.2 Å².